The zero-order valence-corrected chi connectivity index (χ0v) is 14.9. The molecule has 0 saturated carbocycles. The van der Waals surface area contributed by atoms with Crippen LogP contribution in [-0.2, 0) is 20.3 Å². The smallest absolute Gasteiger partial charge is 0.350 e. The van der Waals surface area contributed by atoms with Crippen molar-refractivity contribution in [1.29, 1.82) is 0 Å². The van der Waals surface area contributed by atoms with Crippen LogP contribution in [0, 0.1) is 0 Å². The third-order valence-electron chi connectivity index (χ3n) is 3.78. The Morgan fingerprint density at radius 1 is 1.20 bits per heavy atom. The summed E-state index contributed by atoms with van der Waals surface area (Å²) in [7, 11) is -3.96. The molecule has 2 aromatic carbocycles. The van der Waals surface area contributed by atoms with Gasteiger partial charge in [-0.25, -0.2) is 13.8 Å². The Kier molecular flexibility index (Phi) is 6.19. The number of carbonyl (C=O) groups is 1. The third kappa shape index (κ3) is 4.02. The lowest BCUT2D eigenvalue weighted by Crippen LogP contribution is -2.35. The number of carboxylic acid groups (broad SMARTS) is 1. The van der Waals surface area contributed by atoms with Crippen molar-refractivity contribution in [2.75, 3.05) is 13.2 Å². The molecular weight excluding hydrogens is 347 g/mol. The maximum Gasteiger partial charge on any atom is 0.350 e. The Morgan fingerprint density at radius 3 is 2.28 bits per heavy atom. The van der Waals surface area contributed by atoms with Gasteiger partial charge in [0.1, 0.15) is 5.75 Å². The van der Waals surface area contributed by atoms with Gasteiger partial charge in [0.15, 0.2) is 0 Å². The second kappa shape index (κ2) is 7.97. The van der Waals surface area contributed by atoms with E-state index in [9.17, 15) is 25.0 Å². The van der Waals surface area contributed by atoms with Crippen molar-refractivity contribution in [3.8, 4) is 11.5 Å². The van der Waals surface area contributed by atoms with Gasteiger partial charge in [0.05, 0.1) is 13.2 Å². The number of phenols is 1. The molecule has 136 valence electrons. The molecule has 0 amide bonds. The van der Waals surface area contributed by atoms with Crippen molar-refractivity contribution in [3.05, 3.63) is 35.9 Å². The fourth-order valence-electron chi connectivity index (χ4n) is 2.71. The van der Waals surface area contributed by atoms with Crippen molar-refractivity contribution >= 4 is 24.7 Å². The molecule has 0 spiro atoms. The van der Waals surface area contributed by atoms with Gasteiger partial charge in [-0.3, -0.25) is 0 Å². The molecule has 1 unspecified atom stereocenters. The van der Waals surface area contributed by atoms with Gasteiger partial charge in [-0.05, 0) is 30.9 Å². The predicted octanol–water partition coefficient (Wildman–Crippen LogP) is 1.81. The molecule has 1 atom stereocenters. The van der Waals surface area contributed by atoms with Crippen LogP contribution in [0.3, 0.4) is 0 Å². The fourth-order valence-corrected chi connectivity index (χ4v) is 4.54. The fraction of sp³-hybridized carbons (Fsp3) is 0.353. The first-order chi connectivity index (χ1) is 11.8. The molecule has 25 heavy (non-hydrogen) atoms. The lowest BCUT2D eigenvalue weighted by atomic mass is 9.99. The average molecular weight is 367 g/mol. The maximum absolute atomic E-state index is 12.9. The molecule has 0 saturated heterocycles. The van der Waals surface area contributed by atoms with Gasteiger partial charge in [-0.1, -0.05) is 24.3 Å². The monoisotopic (exact) mass is 367 g/mol. The van der Waals surface area contributed by atoms with E-state index in [0.717, 1.165) is 6.07 Å². The molecule has 0 aliphatic heterocycles. The number of phenolic OH excluding ortho intramolecular Hbond substituents is 1. The van der Waals surface area contributed by atoms with Crippen LogP contribution in [0.4, 0.5) is 0 Å². The van der Waals surface area contributed by atoms with Crippen LogP contribution in [-0.4, -0.2) is 35.1 Å². The second-order valence-electron chi connectivity index (χ2n) is 5.35. The van der Waals surface area contributed by atoms with Crippen LogP contribution >= 0.6 is 7.94 Å². The van der Waals surface area contributed by atoms with E-state index in [2.05, 4.69) is 0 Å². The highest BCUT2D eigenvalue weighted by Crippen LogP contribution is 2.58. The van der Waals surface area contributed by atoms with Crippen LogP contribution in [0.5, 0.6) is 11.5 Å². The van der Waals surface area contributed by atoms with Crippen LogP contribution in [0.1, 0.15) is 19.4 Å². The van der Waals surface area contributed by atoms with Crippen molar-refractivity contribution in [2.45, 2.75) is 25.9 Å². The van der Waals surface area contributed by atoms with Crippen LogP contribution in [0.15, 0.2) is 30.3 Å². The molecule has 0 aromatic heterocycles. The SMILES string of the molecule is CCO[P+]([O-])(OCC)C(Cc1c([O-])cc(O)c2ccccc12)C(=O)O. The highest BCUT2D eigenvalue weighted by atomic mass is 31.2. The first kappa shape index (κ1) is 19.4. The van der Waals surface area contributed by atoms with Gasteiger partial charge >= 0.3 is 5.97 Å². The molecule has 0 heterocycles. The zero-order chi connectivity index (χ0) is 18.6. The summed E-state index contributed by atoms with van der Waals surface area (Å²) in [5.74, 6) is -2.09. The Bertz CT molecular complexity index is 756. The van der Waals surface area contributed by atoms with E-state index >= 15 is 0 Å². The lowest BCUT2D eigenvalue weighted by molar-refractivity contribution is -0.269. The summed E-state index contributed by atoms with van der Waals surface area (Å²) >= 11 is 0. The number of benzene rings is 2. The van der Waals surface area contributed by atoms with Gasteiger partial charge in [0.2, 0.25) is 5.66 Å². The molecule has 0 aliphatic rings. The van der Waals surface area contributed by atoms with E-state index in [1.54, 1.807) is 38.1 Å². The lowest BCUT2D eigenvalue weighted by Gasteiger charge is -2.32. The Balaban J connectivity index is 2.54. The summed E-state index contributed by atoms with van der Waals surface area (Å²) < 4.78 is 10.3. The average Bonchev–Trinajstić information content (AvgIpc) is 2.54. The summed E-state index contributed by atoms with van der Waals surface area (Å²) in [6.45, 7) is 3.20. The van der Waals surface area contributed by atoms with Gasteiger partial charge in [-0.15, -0.1) is 5.75 Å². The summed E-state index contributed by atoms with van der Waals surface area (Å²) in [6, 6.07) is 7.62. The van der Waals surface area contributed by atoms with E-state index in [-0.39, 0.29) is 30.9 Å². The highest BCUT2D eigenvalue weighted by Gasteiger charge is 2.46. The molecular formula is C17H20O7P-. The predicted molar refractivity (Wildman–Crippen MR) is 90.4 cm³/mol. The molecule has 7 nitrogen and oxygen atoms in total. The number of carboxylic acids is 1. The molecule has 8 heteroatoms. The number of fused-ring (bicyclic) bond motifs is 1. The Hall–Kier alpha value is -1.92. The third-order valence-corrected chi connectivity index (χ3v) is 6.18. The first-order valence-electron chi connectivity index (χ1n) is 7.86. The van der Waals surface area contributed by atoms with Crippen molar-refractivity contribution in [1.82, 2.24) is 0 Å². The number of rotatable bonds is 8. The molecule has 2 rings (SSSR count). The number of hydrogen-bond acceptors (Lipinski definition) is 6. The van der Waals surface area contributed by atoms with Gasteiger partial charge in [0.25, 0.3) is 7.94 Å². The first-order valence-corrected chi connectivity index (χ1v) is 9.47. The van der Waals surface area contributed by atoms with E-state index in [1.165, 1.54) is 0 Å². The Morgan fingerprint density at radius 2 is 1.76 bits per heavy atom. The molecule has 0 bridgehead atoms. The maximum atomic E-state index is 12.9. The molecule has 2 N–H and O–H groups in total. The van der Waals surface area contributed by atoms with E-state index in [1.807, 2.05) is 0 Å². The topological polar surface area (TPSA) is 122 Å². The minimum atomic E-state index is -3.96. The number of aliphatic carboxylic acids is 1. The quantitative estimate of drug-likeness (QED) is 0.682. The normalized spacial score (nSPS) is 13.1. The van der Waals surface area contributed by atoms with Crippen molar-refractivity contribution in [3.63, 3.8) is 0 Å². The largest absolute Gasteiger partial charge is 0.872 e. The van der Waals surface area contributed by atoms with Crippen LogP contribution < -0.4 is 10.00 Å². The molecule has 0 radical (unpaired) electrons. The van der Waals surface area contributed by atoms with Crippen LogP contribution in [0.25, 0.3) is 10.8 Å². The van der Waals surface area contributed by atoms with E-state index < -0.39 is 25.3 Å². The summed E-state index contributed by atoms with van der Waals surface area (Å²) in [4.78, 5) is 24.6. The molecule has 0 fully saturated rings. The minimum absolute atomic E-state index is 0.0155. The highest BCUT2D eigenvalue weighted by molar-refractivity contribution is 7.61. The standard InChI is InChI=1S/C17H21O7P/c1-3-23-25(22,24-4-2)16(17(20)21)9-13-11-7-5-6-8-12(11)14(18)10-15(13)19/h5-8,10,16,18-19H,3-4,9H2,1-2H3,(H,20,21)/p-1. The molecule has 2 aromatic rings. The van der Waals surface area contributed by atoms with Gasteiger partial charge < -0.3 is 20.2 Å². The minimum Gasteiger partial charge on any atom is -0.872 e. The summed E-state index contributed by atoms with van der Waals surface area (Å²) in [5, 5.41) is 32.7. The molecule has 0 aliphatic carbocycles. The number of hydrogen-bond donors (Lipinski definition) is 2. The summed E-state index contributed by atoms with van der Waals surface area (Å²) in [6.07, 6.45) is -0.327. The van der Waals surface area contributed by atoms with Crippen LogP contribution in [0.2, 0.25) is 0 Å². The van der Waals surface area contributed by atoms with Gasteiger partial charge in [-0.2, -0.15) is 0 Å². The van der Waals surface area contributed by atoms with Crippen molar-refractivity contribution < 1.29 is 34.1 Å². The zero-order valence-electron chi connectivity index (χ0n) is 14.0. The van der Waals surface area contributed by atoms with E-state index in [4.69, 9.17) is 9.05 Å². The number of aromatic hydroxyl groups is 1. The summed E-state index contributed by atoms with van der Waals surface area (Å²) in [5.41, 5.74) is -1.37. The Labute approximate surface area is 146 Å². The van der Waals surface area contributed by atoms with Gasteiger partial charge in [0, 0.05) is 11.8 Å². The van der Waals surface area contributed by atoms with Crippen molar-refractivity contribution in [2.24, 2.45) is 0 Å². The second-order valence-corrected chi connectivity index (χ2v) is 7.57. The van der Waals surface area contributed by atoms with E-state index in [0.29, 0.717) is 10.8 Å².